The van der Waals surface area contributed by atoms with Crippen LogP contribution in [0.25, 0.3) is 0 Å². The molecule has 8 bridgehead atoms. The SMILES string of the molecule is O=S(=O)([O-])c1cc(S(=O)(=O)[O-])c2cc1Nc1nc(NCc3ccccc3)nc(n1)Nc1cccc(c1)Nc1nc(NCc3ccccc3)nc(n1)N2.[Na+].[Na+]. The smallest absolute Gasteiger partial charge is 0.744 e. The zero-order valence-corrected chi connectivity index (χ0v) is 34.2. The molecule has 4 aromatic carbocycles. The van der Waals surface area contributed by atoms with E-state index in [0.717, 1.165) is 17.2 Å². The van der Waals surface area contributed by atoms with E-state index in [4.69, 9.17) is 0 Å². The summed E-state index contributed by atoms with van der Waals surface area (Å²) in [7, 11) is -10.8. The largest absolute Gasteiger partial charge is 1.00 e. The van der Waals surface area contributed by atoms with Crippen molar-refractivity contribution in [2.24, 2.45) is 0 Å². The van der Waals surface area contributed by atoms with E-state index in [1.165, 1.54) is 0 Å². The molecule has 1 aliphatic rings. The summed E-state index contributed by atoms with van der Waals surface area (Å²) in [5.41, 5.74) is 1.94. The van der Waals surface area contributed by atoms with Gasteiger partial charge in [0.2, 0.25) is 35.7 Å². The maximum atomic E-state index is 12.5. The summed E-state index contributed by atoms with van der Waals surface area (Å²) < 4.78 is 74.8. The van der Waals surface area contributed by atoms with Crippen LogP contribution in [0.3, 0.4) is 0 Å². The van der Waals surface area contributed by atoms with Gasteiger partial charge in [0.05, 0.1) is 21.2 Å². The number of benzene rings is 4. The molecule has 6 aromatic rings. The first-order chi connectivity index (χ1) is 24.9. The minimum Gasteiger partial charge on any atom is -0.744 e. The standard InChI is InChI=1S/C32H28N12O6S2.2Na/c45-51(46,47)25-16-26(52(48,49)50)24-15-23(25)37-31-41-27(33-17-19-8-3-1-4-9-19)39-29(43-31)35-21-12-7-13-22(14-21)36-30-40-28(42-32(38-24)44-30)34-18-20-10-5-2-6-11-20;;/h1-16H,17-18H2,(H,45,46,47)(H,48,49,50)(H3,33,35,37,39,41,43)(H3,34,36,38,40,42,44);;/q;2*+1/p-2. The van der Waals surface area contributed by atoms with E-state index in [0.29, 0.717) is 30.5 Å². The summed E-state index contributed by atoms with van der Waals surface area (Å²) in [6, 6.07) is 27.0. The van der Waals surface area contributed by atoms with Crippen LogP contribution in [0.5, 0.6) is 0 Å². The van der Waals surface area contributed by atoms with Gasteiger partial charge in [-0.2, -0.15) is 29.9 Å². The van der Waals surface area contributed by atoms with Crippen LogP contribution in [-0.4, -0.2) is 55.8 Å². The van der Waals surface area contributed by atoms with Gasteiger partial charge in [0, 0.05) is 24.5 Å². The molecule has 0 fully saturated rings. The maximum Gasteiger partial charge on any atom is 1.00 e. The van der Waals surface area contributed by atoms with Crippen LogP contribution in [0.15, 0.2) is 107 Å². The summed E-state index contributed by atoms with van der Waals surface area (Å²) in [6.07, 6.45) is 0. The third kappa shape index (κ3) is 10.4. The Balaban J connectivity index is 0.00000280. The van der Waals surface area contributed by atoms with Crippen molar-refractivity contribution >= 4 is 78.7 Å². The van der Waals surface area contributed by atoms with Crippen LogP contribution in [0.4, 0.5) is 58.4 Å². The second kappa shape index (κ2) is 17.3. The third-order valence-electron chi connectivity index (χ3n) is 7.35. The van der Waals surface area contributed by atoms with Crippen molar-refractivity contribution in [1.82, 2.24) is 29.9 Å². The predicted octanol–water partition coefficient (Wildman–Crippen LogP) is -1.62. The molecule has 7 rings (SSSR count). The van der Waals surface area contributed by atoms with E-state index < -0.39 is 41.4 Å². The molecule has 0 unspecified atom stereocenters. The fraction of sp³-hybridized carbons (Fsp3) is 0.0625. The van der Waals surface area contributed by atoms with Gasteiger partial charge in [-0.1, -0.05) is 66.7 Å². The van der Waals surface area contributed by atoms with Gasteiger partial charge in [0.15, 0.2) is 0 Å². The third-order valence-corrected chi connectivity index (χ3v) is 9.10. The van der Waals surface area contributed by atoms with Crippen LogP contribution in [-0.2, 0) is 33.3 Å². The fourth-order valence-electron chi connectivity index (χ4n) is 5.03. The summed E-state index contributed by atoms with van der Waals surface area (Å²) in [4.78, 5) is 24.2. The Morgan fingerprint density at radius 1 is 0.481 bits per heavy atom. The first-order valence-electron chi connectivity index (χ1n) is 15.3. The van der Waals surface area contributed by atoms with Gasteiger partial charge in [0.1, 0.15) is 20.2 Å². The maximum absolute atomic E-state index is 12.5. The number of nitrogens with zero attached hydrogens (tertiary/aromatic N) is 6. The molecule has 3 heterocycles. The summed E-state index contributed by atoms with van der Waals surface area (Å²) in [6.45, 7) is 0.612. The molecule has 0 saturated carbocycles. The fourth-order valence-corrected chi connectivity index (χ4v) is 6.39. The quantitative estimate of drug-likeness (QED) is 0.0747. The van der Waals surface area contributed by atoms with E-state index >= 15 is 0 Å². The van der Waals surface area contributed by atoms with Crippen LogP contribution in [0, 0.1) is 0 Å². The van der Waals surface area contributed by atoms with Crippen molar-refractivity contribution in [2.75, 3.05) is 31.9 Å². The molecule has 0 saturated heterocycles. The van der Waals surface area contributed by atoms with E-state index in [1.807, 2.05) is 60.7 Å². The number of nitrogens with one attached hydrogen (secondary N) is 6. The molecule has 22 heteroatoms. The Kier molecular flexibility index (Phi) is 13.1. The molecule has 2 aromatic heterocycles. The normalized spacial score (nSPS) is 11.9. The number of rotatable bonds is 8. The van der Waals surface area contributed by atoms with Crippen molar-refractivity contribution in [3.05, 3.63) is 108 Å². The first-order valence-corrected chi connectivity index (χ1v) is 18.1. The molecule has 54 heavy (non-hydrogen) atoms. The monoisotopic (exact) mass is 784 g/mol. The molecule has 1 aliphatic heterocycles. The van der Waals surface area contributed by atoms with E-state index in [2.05, 4.69) is 61.8 Å². The number of anilines is 10. The molecule has 0 radical (unpaired) electrons. The molecule has 0 amide bonds. The van der Waals surface area contributed by atoms with Crippen LogP contribution in [0.1, 0.15) is 11.1 Å². The second-order valence-electron chi connectivity index (χ2n) is 11.1. The van der Waals surface area contributed by atoms with Crippen molar-refractivity contribution in [1.29, 1.82) is 0 Å². The average Bonchev–Trinajstić information content (AvgIpc) is 3.09. The van der Waals surface area contributed by atoms with Crippen LogP contribution < -0.4 is 91.0 Å². The van der Waals surface area contributed by atoms with Crippen LogP contribution in [0.2, 0.25) is 0 Å². The molecule has 0 spiro atoms. The van der Waals surface area contributed by atoms with E-state index in [1.54, 1.807) is 24.3 Å². The molecular formula is C32H26N12Na2O6S2. The Morgan fingerprint density at radius 3 is 1.26 bits per heavy atom. The van der Waals surface area contributed by atoms with Crippen molar-refractivity contribution in [3.8, 4) is 0 Å². The summed E-state index contributed by atoms with van der Waals surface area (Å²) in [5.74, 6) is -0.334. The molecule has 264 valence electrons. The zero-order chi connectivity index (χ0) is 36.3. The summed E-state index contributed by atoms with van der Waals surface area (Å²) in [5, 5.41) is 17.7. The number of fused-ring (bicyclic) bond motifs is 8. The number of hydrogen-bond donors (Lipinski definition) is 6. The van der Waals surface area contributed by atoms with Gasteiger partial charge in [-0.3, -0.25) is 0 Å². The predicted molar refractivity (Wildman–Crippen MR) is 189 cm³/mol. The topological polar surface area (TPSA) is 264 Å². The minimum absolute atomic E-state index is 0. The first kappa shape index (κ1) is 40.7. The van der Waals surface area contributed by atoms with Gasteiger partial charge in [0.25, 0.3) is 0 Å². The van der Waals surface area contributed by atoms with E-state index in [9.17, 15) is 25.9 Å². The Morgan fingerprint density at radius 2 is 0.870 bits per heavy atom. The summed E-state index contributed by atoms with van der Waals surface area (Å²) >= 11 is 0. The van der Waals surface area contributed by atoms with Gasteiger partial charge in [-0.15, -0.1) is 0 Å². The zero-order valence-electron chi connectivity index (χ0n) is 28.6. The van der Waals surface area contributed by atoms with Crippen molar-refractivity contribution < 1.29 is 85.1 Å². The Hall–Kier alpha value is -4.48. The van der Waals surface area contributed by atoms with Gasteiger partial charge < -0.3 is 41.0 Å². The van der Waals surface area contributed by atoms with Gasteiger partial charge >= 0.3 is 59.1 Å². The Bertz CT molecular complexity index is 2340. The number of aromatic nitrogens is 6. The van der Waals surface area contributed by atoms with Crippen LogP contribution >= 0.6 is 0 Å². The van der Waals surface area contributed by atoms with Gasteiger partial charge in [-0.25, -0.2) is 16.8 Å². The van der Waals surface area contributed by atoms with Gasteiger partial charge in [-0.05, 0) is 41.5 Å². The van der Waals surface area contributed by atoms with Crippen molar-refractivity contribution in [2.45, 2.75) is 22.9 Å². The molecule has 0 atom stereocenters. The molecule has 18 nitrogen and oxygen atoms in total. The molecule has 6 N–H and O–H groups in total. The molecule has 0 aliphatic carbocycles. The second-order valence-corrected chi connectivity index (χ2v) is 13.8. The Labute approximate surface area is 353 Å². The number of hydrogen-bond acceptors (Lipinski definition) is 18. The van der Waals surface area contributed by atoms with Crippen molar-refractivity contribution in [3.63, 3.8) is 0 Å². The van der Waals surface area contributed by atoms with E-state index in [-0.39, 0.29) is 94.8 Å². The molecular weight excluding hydrogens is 759 g/mol. The minimum atomic E-state index is -5.39. The average molecular weight is 785 g/mol.